The number of nitro groups is 1. The SMILES string of the molecule is CC1OCCC1(O)CNc1ccc(C(=O)O)c([N+](=O)[O-])c1. The van der Waals surface area contributed by atoms with Gasteiger partial charge in [0, 0.05) is 31.3 Å². The number of aliphatic hydroxyl groups is 1. The molecular weight excluding hydrogens is 280 g/mol. The lowest BCUT2D eigenvalue weighted by Crippen LogP contribution is -2.43. The van der Waals surface area contributed by atoms with E-state index in [0.29, 0.717) is 18.7 Å². The number of benzene rings is 1. The first-order valence-corrected chi connectivity index (χ1v) is 6.43. The fourth-order valence-electron chi connectivity index (χ4n) is 2.23. The van der Waals surface area contributed by atoms with Crippen LogP contribution in [0.15, 0.2) is 18.2 Å². The van der Waals surface area contributed by atoms with Gasteiger partial charge in [0.25, 0.3) is 5.69 Å². The van der Waals surface area contributed by atoms with Gasteiger partial charge in [0.1, 0.15) is 11.2 Å². The number of nitrogens with zero attached hydrogens (tertiary/aromatic N) is 1. The average molecular weight is 296 g/mol. The Bertz CT molecular complexity index is 576. The van der Waals surface area contributed by atoms with E-state index in [1.807, 2.05) is 0 Å². The molecule has 8 heteroatoms. The van der Waals surface area contributed by atoms with Crippen molar-refractivity contribution in [1.29, 1.82) is 0 Å². The van der Waals surface area contributed by atoms with Gasteiger partial charge in [-0.2, -0.15) is 0 Å². The van der Waals surface area contributed by atoms with Gasteiger partial charge < -0.3 is 20.3 Å². The molecule has 1 aliphatic heterocycles. The summed E-state index contributed by atoms with van der Waals surface area (Å²) in [6.07, 6.45) is 0.134. The Labute approximate surface area is 120 Å². The molecule has 1 aromatic carbocycles. The van der Waals surface area contributed by atoms with Gasteiger partial charge in [-0.3, -0.25) is 10.1 Å². The van der Waals surface area contributed by atoms with Crippen molar-refractivity contribution in [1.82, 2.24) is 0 Å². The van der Waals surface area contributed by atoms with Crippen LogP contribution in [0.4, 0.5) is 11.4 Å². The Kier molecular flexibility index (Phi) is 4.10. The van der Waals surface area contributed by atoms with E-state index in [9.17, 15) is 20.0 Å². The number of carbonyl (C=O) groups is 1. The maximum Gasteiger partial charge on any atom is 0.342 e. The summed E-state index contributed by atoms with van der Waals surface area (Å²) in [5, 5.41) is 33.0. The maximum atomic E-state index is 10.9. The minimum atomic E-state index is -1.36. The highest BCUT2D eigenvalue weighted by Crippen LogP contribution is 2.28. The number of ether oxygens (including phenoxy) is 1. The molecule has 0 amide bonds. The van der Waals surface area contributed by atoms with Gasteiger partial charge in [0.05, 0.1) is 11.0 Å². The van der Waals surface area contributed by atoms with Crippen molar-refractivity contribution in [3.05, 3.63) is 33.9 Å². The largest absolute Gasteiger partial charge is 0.477 e. The summed E-state index contributed by atoms with van der Waals surface area (Å²) < 4.78 is 5.29. The van der Waals surface area contributed by atoms with Gasteiger partial charge in [0.2, 0.25) is 0 Å². The summed E-state index contributed by atoms with van der Waals surface area (Å²) in [5.74, 6) is -1.36. The number of anilines is 1. The van der Waals surface area contributed by atoms with Gasteiger partial charge in [-0.05, 0) is 19.1 Å². The second kappa shape index (κ2) is 5.66. The molecule has 2 rings (SSSR count). The van der Waals surface area contributed by atoms with E-state index in [4.69, 9.17) is 9.84 Å². The predicted molar refractivity (Wildman–Crippen MR) is 73.5 cm³/mol. The minimum absolute atomic E-state index is 0.164. The first-order chi connectivity index (χ1) is 9.83. The lowest BCUT2D eigenvalue weighted by Gasteiger charge is -2.26. The molecule has 2 unspecified atom stereocenters. The van der Waals surface area contributed by atoms with E-state index in [2.05, 4.69) is 5.32 Å². The third-order valence-corrected chi connectivity index (χ3v) is 3.68. The summed E-state index contributed by atoms with van der Waals surface area (Å²) in [5.41, 5.74) is -1.53. The number of nitrogens with one attached hydrogen (secondary N) is 1. The fraction of sp³-hybridized carbons (Fsp3) is 0.462. The molecule has 0 radical (unpaired) electrons. The molecule has 8 nitrogen and oxygen atoms in total. The molecule has 114 valence electrons. The monoisotopic (exact) mass is 296 g/mol. The quantitative estimate of drug-likeness (QED) is 0.552. The van der Waals surface area contributed by atoms with Crippen LogP contribution in [0.5, 0.6) is 0 Å². The molecule has 0 aromatic heterocycles. The van der Waals surface area contributed by atoms with Crippen LogP contribution >= 0.6 is 0 Å². The van der Waals surface area contributed by atoms with Crippen LogP contribution in [0.1, 0.15) is 23.7 Å². The second-order valence-electron chi connectivity index (χ2n) is 5.01. The Hall–Kier alpha value is -2.19. The van der Waals surface area contributed by atoms with E-state index in [-0.39, 0.29) is 18.2 Å². The Morgan fingerprint density at radius 3 is 2.86 bits per heavy atom. The zero-order valence-electron chi connectivity index (χ0n) is 11.4. The normalized spacial score (nSPS) is 24.8. The van der Waals surface area contributed by atoms with Gasteiger partial charge in [-0.15, -0.1) is 0 Å². The van der Waals surface area contributed by atoms with Crippen LogP contribution in [0.3, 0.4) is 0 Å². The molecule has 21 heavy (non-hydrogen) atoms. The van der Waals surface area contributed by atoms with Crippen LogP contribution in [-0.2, 0) is 4.74 Å². The van der Waals surface area contributed by atoms with E-state index in [0.717, 1.165) is 6.07 Å². The highest BCUT2D eigenvalue weighted by molar-refractivity contribution is 5.93. The number of rotatable bonds is 5. The van der Waals surface area contributed by atoms with Crippen molar-refractivity contribution in [2.75, 3.05) is 18.5 Å². The van der Waals surface area contributed by atoms with Crippen molar-refractivity contribution < 1.29 is 24.7 Å². The highest BCUT2D eigenvalue weighted by Gasteiger charge is 2.39. The number of nitro benzene ring substituents is 1. The molecule has 1 fully saturated rings. The molecule has 0 saturated carbocycles. The van der Waals surface area contributed by atoms with Crippen LogP contribution in [0.2, 0.25) is 0 Å². The van der Waals surface area contributed by atoms with Crippen LogP contribution < -0.4 is 5.32 Å². The summed E-state index contributed by atoms with van der Waals surface area (Å²) in [7, 11) is 0. The first kappa shape index (κ1) is 15.2. The first-order valence-electron chi connectivity index (χ1n) is 6.43. The zero-order valence-corrected chi connectivity index (χ0v) is 11.4. The zero-order chi connectivity index (χ0) is 15.6. The van der Waals surface area contributed by atoms with Crippen molar-refractivity contribution in [2.45, 2.75) is 25.0 Å². The number of hydrogen-bond acceptors (Lipinski definition) is 6. The van der Waals surface area contributed by atoms with Crippen molar-refractivity contribution in [3.8, 4) is 0 Å². The minimum Gasteiger partial charge on any atom is -0.477 e. The average Bonchev–Trinajstić information content (AvgIpc) is 2.76. The van der Waals surface area contributed by atoms with E-state index in [1.165, 1.54) is 12.1 Å². The third kappa shape index (κ3) is 3.11. The fourth-order valence-corrected chi connectivity index (χ4v) is 2.23. The lowest BCUT2D eigenvalue weighted by molar-refractivity contribution is -0.385. The smallest absolute Gasteiger partial charge is 0.342 e. The van der Waals surface area contributed by atoms with Gasteiger partial charge >= 0.3 is 5.97 Å². The second-order valence-corrected chi connectivity index (χ2v) is 5.01. The van der Waals surface area contributed by atoms with Gasteiger partial charge in [0.15, 0.2) is 0 Å². The molecule has 0 bridgehead atoms. The topological polar surface area (TPSA) is 122 Å². The number of hydrogen-bond donors (Lipinski definition) is 3. The van der Waals surface area contributed by atoms with Crippen LogP contribution in [-0.4, -0.2) is 46.0 Å². The number of aromatic carboxylic acids is 1. The van der Waals surface area contributed by atoms with Crippen molar-refractivity contribution in [2.24, 2.45) is 0 Å². The van der Waals surface area contributed by atoms with Gasteiger partial charge in [-0.25, -0.2) is 4.79 Å². The molecular formula is C13H16N2O6. The van der Waals surface area contributed by atoms with Crippen molar-refractivity contribution >= 4 is 17.3 Å². The predicted octanol–water partition coefficient (Wildman–Crippen LogP) is 1.24. The molecule has 0 spiro atoms. The summed E-state index contributed by atoms with van der Waals surface area (Å²) >= 11 is 0. The molecule has 1 aromatic rings. The third-order valence-electron chi connectivity index (χ3n) is 3.68. The molecule has 1 saturated heterocycles. The van der Waals surface area contributed by atoms with Crippen LogP contribution in [0, 0.1) is 10.1 Å². The molecule has 1 heterocycles. The highest BCUT2D eigenvalue weighted by atomic mass is 16.6. The Morgan fingerprint density at radius 2 is 2.33 bits per heavy atom. The number of carboxylic acids is 1. The van der Waals surface area contributed by atoms with E-state index < -0.39 is 22.2 Å². The molecule has 2 atom stereocenters. The van der Waals surface area contributed by atoms with E-state index >= 15 is 0 Å². The lowest BCUT2D eigenvalue weighted by atomic mass is 9.96. The Morgan fingerprint density at radius 1 is 1.62 bits per heavy atom. The van der Waals surface area contributed by atoms with Crippen LogP contribution in [0.25, 0.3) is 0 Å². The summed E-state index contributed by atoms with van der Waals surface area (Å²) in [4.78, 5) is 21.1. The van der Waals surface area contributed by atoms with Gasteiger partial charge in [-0.1, -0.05) is 0 Å². The standard InChI is InChI=1S/C13H16N2O6/c1-8-13(18,4-5-21-8)7-14-9-2-3-10(12(16)17)11(6-9)15(19)20/h2-3,6,8,14,18H,4-5,7H2,1H3,(H,16,17). The van der Waals surface area contributed by atoms with E-state index in [1.54, 1.807) is 6.92 Å². The maximum absolute atomic E-state index is 10.9. The molecule has 3 N–H and O–H groups in total. The molecule has 1 aliphatic rings. The summed E-state index contributed by atoms with van der Waals surface area (Å²) in [6, 6.07) is 3.75. The number of carboxylic acid groups (broad SMARTS) is 1. The Balaban J connectivity index is 2.16. The molecule has 0 aliphatic carbocycles. The van der Waals surface area contributed by atoms with Crippen molar-refractivity contribution in [3.63, 3.8) is 0 Å². The summed E-state index contributed by atoms with van der Waals surface area (Å²) in [6.45, 7) is 2.37.